The molecule has 0 unspecified atom stereocenters. The van der Waals surface area contributed by atoms with Gasteiger partial charge in [0, 0.05) is 23.1 Å². The van der Waals surface area contributed by atoms with Gasteiger partial charge in [0.25, 0.3) is 0 Å². The van der Waals surface area contributed by atoms with Gasteiger partial charge in [0.1, 0.15) is 19.0 Å². The summed E-state index contributed by atoms with van der Waals surface area (Å²) < 4.78 is 37.1. The molecule has 3 rings (SSSR count). The van der Waals surface area contributed by atoms with Crippen LogP contribution >= 0.6 is 15.9 Å². The summed E-state index contributed by atoms with van der Waals surface area (Å²) >= 11 is 3.33. The number of hydrogen-bond acceptors (Lipinski definition) is 5. The topological polar surface area (TPSA) is 72.9 Å². The molecule has 6 nitrogen and oxygen atoms in total. The Morgan fingerprint density at radius 2 is 1.89 bits per heavy atom. The number of halogens is 1. The van der Waals surface area contributed by atoms with Crippen molar-refractivity contribution >= 4 is 31.7 Å². The number of carbonyl (C=O) groups excluding carboxylic acids is 1. The van der Waals surface area contributed by atoms with E-state index in [1.807, 2.05) is 31.2 Å². The zero-order valence-corrected chi connectivity index (χ0v) is 18.0. The summed E-state index contributed by atoms with van der Waals surface area (Å²) in [5, 5.41) is 0. The van der Waals surface area contributed by atoms with Gasteiger partial charge < -0.3 is 14.4 Å². The van der Waals surface area contributed by atoms with Crippen LogP contribution in [0.5, 0.6) is 11.5 Å². The smallest absolute Gasteiger partial charge is 0.238 e. The first-order valence-corrected chi connectivity index (χ1v) is 11.6. The summed E-state index contributed by atoms with van der Waals surface area (Å²) in [4.78, 5) is 14.2. The van der Waals surface area contributed by atoms with Gasteiger partial charge in [-0.2, -0.15) is 0 Å². The third kappa shape index (κ3) is 5.26. The lowest BCUT2D eigenvalue weighted by Gasteiger charge is -2.25. The van der Waals surface area contributed by atoms with E-state index in [-0.39, 0.29) is 12.3 Å². The molecule has 0 aromatic heterocycles. The van der Waals surface area contributed by atoms with Gasteiger partial charge in [-0.1, -0.05) is 40.2 Å². The number of rotatable bonds is 7. The summed E-state index contributed by atoms with van der Waals surface area (Å²) in [5.74, 6) is 0.144. The Bertz CT molecular complexity index is 961. The van der Waals surface area contributed by atoms with Crippen molar-refractivity contribution in [3.05, 3.63) is 58.1 Å². The summed E-state index contributed by atoms with van der Waals surface area (Å²) in [7, 11) is -3.58. The highest BCUT2D eigenvalue weighted by Gasteiger charge is 2.24. The summed E-state index contributed by atoms with van der Waals surface area (Å²) in [6.45, 7) is 3.43. The number of fused-ring (bicyclic) bond motifs is 1. The summed E-state index contributed by atoms with van der Waals surface area (Å²) in [6.07, 6.45) is 0. The van der Waals surface area contributed by atoms with E-state index in [1.54, 1.807) is 18.2 Å². The zero-order chi connectivity index (χ0) is 20.1. The first-order valence-electron chi connectivity index (χ1n) is 8.98. The van der Waals surface area contributed by atoms with E-state index < -0.39 is 21.5 Å². The molecule has 0 saturated heterocycles. The van der Waals surface area contributed by atoms with Crippen LogP contribution in [0.1, 0.15) is 18.1 Å². The minimum Gasteiger partial charge on any atom is -0.486 e. The number of sulfone groups is 1. The molecule has 8 heteroatoms. The molecule has 0 atom stereocenters. The maximum Gasteiger partial charge on any atom is 0.238 e. The lowest BCUT2D eigenvalue weighted by atomic mass is 10.1. The molecule has 1 heterocycles. The Morgan fingerprint density at radius 3 is 2.64 bits per heavy atom. The molecule has 2 aromatic rings. The van der Waals surface area contributed by atoms with Crippen LogP contribution in [-0.2, 0) is 26.9 Å². The Labute approximate surface area is 173 Å². The highest BCUT2D eigenvalue weighted by atomic mass is 79.9. The molecule has 0 aliphatic carbocycles. The Kier molecular flexibility index (Phi) is 6.61. The van der Waals surface area contributed by atoms with Crippen LogP contribution in [0, 0.1) is 0 Å². The Morgan fingerprint density at radius 1 is 1.14 bits per heavy atom. The Balaban J connectivity index is 1.70. The molecule has 150 valence electrons. The van der Waals surface area contributed by atoms with E-state index in [1.165, 1.54) is 4.90 Å². The van der Waals surface area contributed by atoms with Gasteiger partial charge in [-0.3, -0.25) is 4.79 Å². The molecule has 0 N–H and O–H groups in total. The fourth-order valence-electron chi connectivity index (χ4n) is 3.05. The number of carbonyl (C=O) groups is 1. The average molecular weight is 468 g/mol. The quantitative estimate of drug-likeness (QED) is 0.624. The molecule has 0 radical (unpaired) electrons. The van der Waals surface area contributed by atoms with Crippen molar-refractivity contribution < 1.29 is 22.7 Å². The van der Waals surface area contributed by atoms with E-state index in [2.05, 4.69) is 15.9 Å². The highest BCUT2D eigenvalue weighted by Crippen LogP contribution is 2.34. The van der Waals surface area contributed by atoms with Gasteiger partial charge in [0.05, 0.1) is 5.75 Å². The maximum atomic E-state index is 12.7. The standard InChI is InChI=1S/C20H22BrNO5S/c1-2-22(12-16-6-4-8-18-20(16)27-10-9-26-18)19(23)14-28(24,25)13-15-5-3-7-17(21)11-15/h3-8,11H,2,9-10,12-14H2,1H3. The summed E-state index contributed by atoms with van der Waals surface area (Å²) in [6, 6.07) is 12.6. The number of hydrogen-bond donors (Lipinski definition) is 0. The van der Waals surface area contributed by atoms with Gasteiger partial charge in [0.15, 0.2) is 21.3 Å². The van der Waals surface area contributed by atoms with Crippen molar-refractivity contribution in [1.82, 2.24) is 4.90 Å². The molecule has 1 aliphatic rings. The molecule has 0 saturated carbocycles. The van der Waals surface area contributed by atoms with Crippen LogP contribution < -0.4 is 9.47 Å². The van der Waals surface area contributed by atoms with Crippen LogP contribution in [0.4, 0.5) is 0 Å². The minimum absolute atomic E-state index is 0.173. The number of amides is 1. The number of para-hydroxylation sites is 1. The third-order valence-corrected chi connectivity index (χ3v) is 6.32. The van der Waals surface area contributed by atoms with E-state index in [0.717, 1.165) is 10.0 Å². The third-order valence-electron chi connectivity index (χ3n) is 4.36. The van der Waals surface area contributed by atoms with Gasteiger partial charge in [-0.05, 0) is 30.7 Å². The maximum absolute atomic E-state index is 12.7. The SMILES string of the molecule is CCN(Cc1cccc2c1OCCO2)C(=O)CS(=O)(=O)Cc1cccc(Br)c1. The average Bonchev–Trinajstić information content (AvgIpc) is 2.65. The van der Waals surface area contributed by atoms with Crippen molar-refractivity contribution in [2.75, 3.05) is 25.5 Å². The molecular weight excluding hydrogens is 446 g/mol. The zero-order valence-electron chi connectivity index (χ0n) is 15.6. The largest absolute Gasteiger partial charge is 0.486 e. The van der Waals surface area contributed by atoms with Crippen LogP contribution in [0.25, 0.3) is 0 Å². The van der Waals surface area contributed by atoms with Crippen molar-refractivity contribution in [3.63, 3.8) is 0 Å². The fraction of sp³-hybridized carbons (Fsp3) is 0.350. The highest BCUT2D eigenvalue weighted by molar-refractivity contribution is 9.10. The van der Waals surface area contributed by atoms with Crippen molar-refractivity contribution in [2.45, 2.75) is 19.2 Å². The monoisotopic (exact) mass is 467 g/mol. The van der Waals surface area contributed by atoms with E-state index in [9.17, 15) is 13.2 Å². The molecule has 1 aliphatic heterocycles. The second-order valence-electron chi connectivity index (χ2n) is 6.51. The van der Waals surface area contributed by atoms with E-state index >= 15 is 0 Å². The lowest BCUT2D eigenvalue weighted by Crippen LogP contribution is -2.35. The number of ether oxygens (including phenoxy) is 2. The summed E-state index contributed by atoms with van der Waals surface area (Å²) in [5.41, 5.74) is 1.45. The Hall–Kier alpha value is -2.06. The predicted molar refractivity (Wildman–Crippen MR) is 110 cm³/mol. The predicted octanol–water partition coefficient (Wildman–Crippen LogP) is 3.18. The van der Waals surface area contributed by atoms with Crippen molar-refractivity contribution in [1.29, 1.82) is 0 Å². The van der Waals surface area contributed by atoms with Crippen LogP contribution in [0.3, 0.4) is 0 Å². The first-order chi connectivity index (χ1) is 13.4. The molecule has 28 heavy (non-hydrogen) atoms. The van der Waals surface area contributed by atoms with Crippen LogP contribution in [0.2, 0.25) is 0 Å². The molecule has 0 bridgehead atoms. The van der Waals surface area contributed by atoms with Gasteiger partial charge >= 0.3 is 0 Å². The van der Waals surface area contributed by atoms with E-state index in [4.69, 9.17) is 9.47 Å². The molecule has 0 fully saturated rings. The first kappa shape index (κ1) is 20.7. The normalized spacial score (nSPS) is 13.2. The van der Waals surface area contributed by atoms with Crippen LogP contribution in [0.15, 0.2) is 46.9 Å². The molecule has 0 spiro atoms. The second-order valence-corrected chi connectivity index (χ2v) is 9.49. The lowest BCUT2D eigenvalue weighted by molar-refractivity contribution is -0.128. The minimum atomic E-state index is -3.58. The van der Waals surface area contributed by atoms with Crippen LogP contribution in [-0.4, -0.2) is 44.7 Å². The fourth-order valence-corrected chi connectivity index (χ4v) is 4.85. The van der Waals surface area contributed by atoms with Gasteiger partial charge in [-0.25, -0.2) is 8.42 Å². The second kappa shape index (κ2) is 8.96. The van der Waals surface area contributed by atoms with Gasteiger partial charge in [-0.15, -0.1) is 0 Å². The molecular formula is C20H22BrNO5S. The van der Waals surface area contributed by atoms with Crippen molar-refractivity contribution in [3.8, 4) is 11.5 Å². The van der Waals surface area contributed by atoms with Crippen molar-refractivity contribution in [2.24, 2.45) is 0 Å². The molecule has 2 aromatic carbocycles. The molecule has 1 amide bonds. The number of nitrogens with zero attached hydrogens (tertiary/aromatic N) is 1. The number of benzene rings is 2. The van der Waals surface area contributed by atoms with E-state index in [0.29, 0.717) is 36.8 Å². The van der Waals surface area contributed by atoms with Gasteiger partial charge in [0.2, 0.25) is 5.91 Å².